The van der Waals surface area contributed by atoms with Crippen LogP contribution in [0.15, 0.2) is 42.5 Å². The van der Waals surface area contributed by atoms with Crippen molar-refractivity contribution >= 4 is 5.91 Å². The maximum atomic E-state index is 11.7. The van der Waals surface area contributed by atoms with Gasteiger partial charge in [-0.1, -0.05) is 24.3 Å². The number of hydrogen-bond acceptors (Lipinski definition) is 2. The number of hydrogen-bond donors (Lipinski definition) is 1. The Labute approximate surface area is 118 Å². The predicted octanol–water partition coefficient (Wildman–Crippen LogP) is 2.86. The van der Waals surface area contributed by atoms with E-state index >= 15 is 0 Å². The smallest absolute Gasteiger partial charge is 0.251 e. The molecule has 0 aromatic heterocycles. The van der Waals surface area contributed by atoms with Crippen molar-refractivity contribution in [1.82, 2.24) is 5.32 Å². The number of amides is 1. The molecule has 1 aliphatic rings. The fourth-order valence-electron chi connectivity index (χ4n) is 2.43. The second kappa shape index (κ2) is 5.37. The topological polar surface area (TPSA) is 38.3 Å². The number of carbonyl (C=O) groups is 1. The van der Waals surface area contributed by atoms with Crippen LogP contribution in [-0.4, -0.2) is 12.5 Å². The first-order valence-corrected chi connectivity index (χ1v) is 6.82. The average molecular weight is 267 g/mol. The van der Waals surface area contributed by atoms with Gasteiger partial charge in [0, 0.05) is 12.1 Å². The lowest BCUT2D eigenvalue weighted by Crippen LogP contribution is -2.31. The lowest BCUT2D eigenvalue weighted by molar-refractivity contribution is 0.0946. The highest BCUT2D eigenvalue weighted by Gasteiger charge is 2.16. The normalized spacial score (nSPS) is 13.6. The maximum Gasteiger partial charge on any atom is 0.251 e. The van der Waals surface area contributed by atoms with Crippen LogP contribution < -0.4 is 10.1 Å². The quantitative estimate of drug-likeness (QED) is 0.928. The van der Waals surface area contributed by atoms with E-state index in [-0.39, 0.29) is 5.91 Å². The van der Waals surface area contributed by atoms with Crippen LogP contribution in [0.3, 0.4) is 0 Å². The summed E-state index contributed by atoms with van der Waals surface area (Å²) >= 11 is 0. The van der Waals surface area contributed by atoms with Crippen LogP contribution in [0, 0.1) is 6.92 Å². The molecule has 0 atom stereocenters. The van der Waals surface area contributed by atoms with Gasteiger partial charge in [-0.15, -0.1) is 0 Å². The molecule has 1 amide bonds. The fourth-order valence-corrected chi connectivity index (χ4v) is 2.43. The van der Waals surface area contributed by atoms with E-state index in [2.05, 4.69) is 24.4 Å². The zero-order valence-electron chi connectivity index (χ0n) is 11.5. The summed E-state index contributed by atoms with van der Waals surface area (Å²) in [5, 5.41) is 2.84. The molecule has 20 heavy (non-hydrogen) atoms. The third-order valence-corrected chi connectivity index (χ3v) is 3.66. The minimum Gasteiger partial charge on any atom is -0.489 e. The highest BCUT2D eigenvalue weighted by atomic mass is 16.5. The predicted molar refractivity (Wildman–Crippen MR) is 78.0 cm³/mol. The van der Waals surface area contributed by atoms with Gasteiger partial charge in [-0.25, -0.2) is 0 Å². The van der Waals surface area contributed by atoms with Crippen LogP contribution in [0.5, 0.6) is 5.75 Å². The Hall–Kier alpha value is -2.29. The summed E-state index contributed by atoms with van der Waals surface area (Å²) in [7, 11) is 0. The molecule has 0 saturated carbocycles. The summed E-state index contributed by atoms with van der Waals surface area (Å²) in [6.07, 6.45) is 0.864. The zero-order valence-corrected chi connectivity index (χ0v) is 11.5. The summed E-state index contributed by atoms with van der Waals surface area (Å²) in [5.41, 5.74) is 4.24. The molecule has 3 rings (SSSR count). The molecule has 0 spiro atoms. The van der Waals surface area contributed by atoms with Crippen LogP contribution in [0.25, 0.3) is 0 Å². The number of ether oxygens (including phenoxy) is 1. The average Bonchev–Trinajstić information content (AvgIpc) is 2.46. The van der Waals surface area contributed by atoms with E-state index in [4.69, 9.17) is 4.74 Å². The molecule has 1 heterocycles. The van der Waals surface area contributed by atoms with Gasteiger partial charge in [0.15, 0.2) is 0 Å². The third-order valence-electron chi connectivity index (χ3n) is 3.66. The third kappa shape index (κ3) is 2.52. The largest absolute Gasteiger partial charge is 0.489 e. The van der Waals surface area contributed by atoms with Crippen LogP contribution in [0.1, 0.15) is 27.0 Å². The van der Waals surface area contributed by atoms with Crippen molar-refractivity contribution < 1.29 is 9.53 Å². The van der Waals surface area contributed by atoms with Gasteiger partial charge >= 0.3 is 0 Å². The Balaban J connectivity index is 1.76. The highest BCUT2D eigenvalue weighted by Crippen LogP contribution is 2.22. The second-order valence-electron chi connectivity index (χ2n) is 5.04. The summed E-state index contributed by atoms with van der Waals surface area (Å²) < 4.78 is 5.84. The van der Waals surface area contributed by atoms with E-state index in [0.29, 0.717) is 13.2 Å². The first kappa shape index (κ1) is 12.7. The number of rotatable bonds is 3. The van der Waals surface area contributed by atoms with E-state index in [1.807, 2.05) is 30.3 Å². The van der Waals surface area contributed by atoms with Gasteiger partial charge in [0.25, 0.3) is 5.91 Å². The first-order valence-electron chi connectivity index (χ1n) is 6.82. The standard InChI is InChI=1S/C17H17NO2/c1-12-4-2-3-5-14(12)11-20-15-6-7-16-13(10-15)8-9-18-17(16)19/h2-7,10H,8-9,11H2,1H3,(H,18,19). The van der Waals surface area contributed by atoms with Crippen molar-refractivity contribution in [3.63, 3.8) is 0 Å². The summed E-state index contributed by atoms with van der Waals surface area (Å²) in [5.74, 6) is 0.832. The van der Waals surface area contributed by atoms with E-state index in [1.165, 1.54) is 11.1 Å². The Morgan fingerprint density at radius 2 is 2.05 bits per heavy atom. The fraction of sp³-hybridized carbons (Fsp3) is 0.235. The second-order valence-corrected chi connectivity index (χ2v) is 5.04. The molecule has 3 nitrogen and oxygen atoms in total. The monoisotopic (exact) mass is 267 g/mol. The molecule has 102 valence electrons. The van der Waals surface area contributed by atoms with E-state index in [9.17, 15) is 4.79 Å². The minimum atomic E-state index is 0.0108. The maximum absolute atomic E-state index is 11.7. The lowest BCUT2D eigenvalue weighted by Gasteiger charge is -2.17. The van der Waals surface area contributed by atoms with Crippen LogP contribution in [0.2, 0.25) is 0 Å². The Kier molecular flexibility index (Phi) is 3.42. The number of aryl methyl sites for hydroxylation is 1. The number of nitrogens with one attached hydrogen (secondary N) is 1. The van der Waals surface area contributed by atoms with Crippen molar-refractivity contribution in [3.05, 3.63) is 64.7 Å². The van der Waals surface area contributed by atoms with Gasteiger partial charge in [-0.05, 0) is 48.2 Å². The van der Waals surface area contributed by atoms with Gasteiger partial charge in [-0.2, -0.15) is 0 Å². The summed E-state index contributed by atoms with van der Waals surface area (Å²) in [4.78, 5) is 11.7. The van der Waals surface area contributed by atoms with Gasteiger partial charge in [0.1, 0.15) is 12.4 Å². The van der Waals surface area contributed by atoms with Gasteiger partial charge in [0.2, 0.25) is 0 Å². The first-order chi connectivity index (χ1) is 9.74. The van der Waals surface area contributed by atoms with Crippen molar-refractivity contribution in [3.8, 4) is 5.75 Å². The van der Waals surface area contributed by atoms with E-state index < -0.39 is 0 Å². The van der Waals surface area contributed by atoms with Crippen molar-refractivity contribution in [2.75, 3.05) is 6.54 Å². The molecular formula is C17H17NO2. The van der Waals surface area contributed by atoms with Crippen molar-refractivity contribution in [1.29, 1.82) is 0 Å². The molecule has 2 aromatic carbocycles. The zero-order chi connectivity index (χ0) is 13.9. The molecule has 3 heteroatoms. The molecule has 0 radical (unpaired) electrons. The van der Waals surface area contributed by atoms with E-state index in [1.54, 1.807) is 0 Å². The van der Waals surface area contributed by atoms with Gasteiger partial charge in [-0.3, -0.25) is 4.79 Å². The van der Waals surface area contributed by atoms with Crippen LogP contribution in [0.4, 0.5) is 0 Å². The number of fused-ring (bicyclic) bond motifs is 1. The van der Waals surface area contributed by atoms with Crippen molar-refractivity contribution in [2.24, 2.45) is 0 Å². The molecular weight excluding hydrogens is 250 g/mol. The lowest BCUT2D eigenvalue weighted by atomic mass is 10.0. The Morgan fingerprint density at radius 1 is 1.20 bits per heavy atom. The van der Waals surface area contributed by atoms with Gasteiger partial charge in [0.05, 0.1) is 0 Å². The SMILES string of the molecule is Cc1ccccc1COc1ccc2c(c1)CCNC2=O. The summed E-state index contributed by atoms with van der Waals surface area (Å²) in [6.45, 7) is 3.33. The van der Waals surface area contributed by atoms with Crippen LogP contribution >= 0.6 is 0 Å². The minimum absolute atomic E-state index is 0.0108. The molecule has 1 aliphatic heterocycles. The molecule has 0 bridgehead atoms. The van der Waals surface area contributed by atoms with Gasteiger partial charge < -0.3 is 10.1 Å². The summed E-state index contributed by atoms with van der Waals surface area (Å²) in [6, 6.07) is 13.9. The molecule has 0 unspecified atom stereocenters. The molecule has 1 N–H and O–H groups in total. The Morgan fingerprint density at radius 3 is 2.90 bits per heavy atom. The van der Waals surface area contributed by atoms with Crippen molar-refractivity contribution in [2.45, 2.75) is 20.0 Å². The van der Waals surface area contributed by atoms with Crippen LogP contribution in [-0.2, 0) is 13.0 Å². The molecule has 0 aliphatic carbocycles. The highest BCUT2D eigenvalue weighted by molar-refractivity contribution is 5.96. The molecule has 0 fully saturated rings. The molecule has 0 saturated heterocycles. The number of carbonyl (C=O) groups excluding carboxylic acids is 1. The Bertz CT molecular complexity index is 649. The van der Waals surface area contributed by atoms with E-state index in [0.717, 1.165) is 23.3 Å². The number of benzene rings is 2. The molecule has 2 aromatic rings.